The summed E-state index contributed by atoms with van der Waals surface area (Å²) in [6.07, 6.45) is 1.99. The molecule has 5 nitrogen and oxygen atoms in total. The van der Waals surface area contributed by atoms with Crippen molar-refractivity contribution in [1.82, 2.24) is 4.98 Å². The summed E-state index contributed by atoms with van der Waals surface area (Å²) in [5.74, 6) is 5.44. The van der Waals surface area contributed by atoms with Gasteiger partial charge in [-0.25, -0.2) is 10.8 Å². The molecule has 0 aliphatic rings. The molecule has 0 fully saturated rings. The predicted molar refractivity (Wildman–Crippen MR) is 78.2 cm³/mol. The number of hydrogen-bond acceptors (Lipinski definition) is 5. The van der Waals surface area contributed by atoms with Gasteiger partial charge < -0.3 is 10.7 Å². The highest BCUT2D eigenvalue weighted by atomic mass is 32.2. The average molecular weight is 274 g/mol. The highest BCUT2D eigenvalue weighted by molar-refractivity contribution is 7.98. The van der Waals surface area contributed by atoms with Gasteiger partial charge in [0.2, 0.25) is 0 Å². The van der Waals surface area contributed by atoms with Gasteiger partial charge in [-0.05, 0) is 36.6 Å². The van der Waals surface area contributed by atoms with Crippen LogP contribution >= 0.6 is 11.8 Å². The number of rotatable bonds is 4. The molecule has 6 heteroatoms. The lowest BCUT2D eigenvalue weighted by Gasteiger charge is -2.07. The average Bonchev–Trinajstić information content (AvgIpc) is 2.47. The van der Waals surface area contributed by atoms with Gasteiger partial charge in [0.15, 0.2) is 0 Å². The van der Waals surface area contributed by atoms with Crippen molar-refractivity contribution in [3.63, 3.8) is 0 Å². The Morgan fingerprint density at radius 1 is 1.26 bits per heavy atom. The Labute approximate surface area is 115 Å². The number of hydrazine groups is 1. The number of aromatic nitrogens is 1. The number of carbonyl (C=O) groups is 1. The summed E-state index contributed by atoms with van der Waals surface area (Å²) in [5.41, 5.74) is 3.46. The maximum absolute atomic E-state index is 12.0. The van der Waals surface area contributed by atoms with E-state index >= 15 is 0 Å². The summed E-state index contributed by atoms with van der Waals surface area (Å²) in [6.45, 7) is 0. The first-order chi connectivity index (χ1) is 9.22. The number of benzene rings is 1. The number of nitrogens with two attached hydrogens (primary N) is 1. The summed E-state index contributed by atoms with van der Waals surface area (Å²) in [6, 6.07) is 12.7. The minimum Gasteiger partial charge on any atom is -0.321 e. The lowest BCUT2D eigenvalue weighted by molar-refractivity contribution is 0.102. The number of thioether (sulfide) groups is 1. The Bertz CT molecular complexity index is 588. The van der Waals surface area contributed by atoms with E-state index in [9.17, 15) is 4.79 Å². The second kappa shape index (κ2) is 6.21. The summed E-state index contributed by atoms with van der Waals surface area (Å²) >= 11 is 1.62. The summed E-state index contributed by atoms with van der Waals surface area (Å²) < 4.78 is 0. The van der Waals surface area contributed by atoms with Crippen LogP contribution in [0, 0.1) is 0 Å². The van der Waals surface area contributed by atoms with E-state index in [1.54, 1.807) is 30.0 Å². The van der Waals surface area contributed by atoms with Crippen molar-refractivity contribution in [2.24, 2.45) is 5.84 Å². The molecular formula is C13H14N4OS. The fraction of sp³-hybridized carbons (Fsp3) is 0.0769. The van der Waals surface area contributed by atoms with Crippen LogP contribution in [-0.4, -0.2) is 17.1 Å². The molecule has 0 aliphatic heterocycles. The second-order valence-electron chi connectivity index (χ2n) is 3.74. The highest BCUT2D eigenvalue weighted by Gasteiger charge is 2.08. The Balaban J connectivity index is 2.15. The molecule has 1 amide bonds. The van der Waals surface area contributed by atoms with Gasteiger partial charge in [0.05, 0.1) is 0 Å². The number of nitrogens with one attached hydrogen (secondary N) is 2. The van der Waals surface area contributed by atoms with Gasteiger partial charge in [-0.1, -0.05) is 12.1 Å². The van der Waals surface area contributed by atoms with E-state index in [-0.39, 0.29) is 5.91 Å². The first kappa shape index (κ1) is 13.4. The van der Waals surface area contributed by atoms with E-state index in [4.69, 9.17) is 5.84 Å². The van der Waals surface area contributed by atoms with E-state index in [1.165, 1.54) is 0 Å². The van der Waals surface area contributed by atoms with E-state index in [1.807, 2.05) is 30.5 Å². The number of pyridine rings is 1. The third-order valence-electron chi connectivity index (χ3n) is 2.46. The van der Waals surface area contributed by atoms with Gasteiger partial charge >= 0.3 is 0 Å². The number of carbonyl (C=O) groups excluding carboxylic acids is 1. The maximum Gasteiger partial charge on any atom is 0.274 e. The van der Waals surface area contributed by atoms with Crippen LogP contribution in [0.4, 0.5) is 11.5 Å². The Hall–Kier alpha value is -2.05. The Kier molecular flexibility index (Phi) is 4.38. The van der Waals surface area contributed by atoms with Gasteiger partial charge in [-0.15, -0.1) is 11.8 Å². The summed E-state index contributed by atoms with van der Waals surface area (Å²) in [5, 5.41) is 2.80. The molecule has 1 aromatic heterocycles. The molecule has 0 saturated carbocycles. The molecule has 0 spiro atoms. The van der Waals surface area contributed by atoms with E-state index in [0.717, 1.165) is 10.6 Å². The van der Waals surface area contributed by atoms with Crippen molar-refractivity contribution in [3.05, 3.63) is 48.2 Å². The van der Waals surface area contributed by atoms with E-state index in [2.05, 4.69) is 15.7 Å². The lowest BCUT2D eigenvalue weighted by atomic mass is 10.3. The fourth-order valence-corrected chi connectivity index (χ4v) is 2.00. The van der Waals surface area contributed by atoms with Crippen molar-refractivity contribution in [3.8, 4) is 0 Å². The first-order valence-corrected chi connectivity index (χ1v) is 6.84. The minimum atomic E-state index is -0.268. The maximum atomic E-state index is 12.0. The summed E-state index contributed by atoms with van der Waals surface area (Å²) in [7, 11) is 0. The molecular weight excluding hydrogens is 260 g/mol. The molecule has 0 saturated heterocycles. The molecule has 2 rings (SSSR count). The zero-order chi connectivity index (χ0) is 13.7. The van der Waals surface area contributed by atoms with Crippen LogP contribution in [0.5, 0.6) is 0 Å². The highest BCUT2D eigenvalue weighted by Crippen LogP contribution is 2.19. The topological polar surface area (TPSA) is 80.0 Å². The molecule has 0 atom stereocenters. The van der Waals surface area contributed by atoms with Crippen molar-refractivity contribution < 1.29 is 4.79 Å². The normalized spacial score (nSPS) is 10.0. The third kappa shape index (κ3) is 3.46. The van der Waals surface area contributed by atoms with Gasteiger partial charge in [0.25, 0.3) is 5.91 Å². The van der Waals surface area contributed by atoms with Crippen LogP contribution in [0.1, 0.15) is 10.5 Å². The van der Waals surface area contributed by atoms with E-state index < -0.39 is 0 Å². The standard InChI is InChI=1S/C13H14N4OS/c1-19-10-5-2-4-9(8-10)15-13(18)11-6-3-7-12(16-11)17-14/h2-8H,14H2,1H3,(H,15,18)(H,16,17). The van der Waals surface area contributed by atoms with Gasteiger partial charge in [0, 0.05) is 10.6 Å². The van der Waals surface area contributed by atoms with Gasteiger partial charge in [0.1, 0.15) is 11.5 Å². The quantitative estimate of drug-likeness (QED) is 0.453. The third-order valence-corrected chi connectivity index (χ3v) is 3.18. The van der Waals surface area contributed by atoms with Crippen molar-refractivity contribution in [1.29, 1.82) is 0 Å². The van der Waals surface area contributed by atoms with Crippen molar-refractivity contribution in [2.45, 2.75) is 4.90 Å². The zero-order valence-corrected chi connectivity index (χ0v) is 11.2. The van der Waals surface area contributed by atoms with Crippen molar-refractivity contribution >= 4 is 29.2 Å². The van der Waals surface area contributed by atoms with Gasteiger partial charge in [-0.2, -0.15) is 0 Å². The predicted octanol–water partition coefficient (Wildman–Crippen LogP) is 2.34. The summed E-state index contributed by atoms with van der Waals surface area (Å²) in [4.78, 5) is 17.2. The molecule has 0 radical (unpaired) electrons. The molecule has 4 N–H and O–H groups in total. The largest absolute Gasteiger partial charge is 0.321 e. The molecule has 0 bridgehead atoms. The van der Waals surface area contributed by atoms with Crippen molar-refractivity contribution in [2.75, 3.05) is 17.0 Å². The van der Waals surface area contributed by atoms with Crippen LogP contribution in [0.2, 0.25) is 0 Å². The fourth-order valence-electron chi connectivity index (χ4n) is 1.54. The number of nitrogen functional groups attached to an aromatic ring is 1. The minimum absolute atomic E-state index is 0.268. The second-order valence-corrected chi connectivity index (χ2v) is 4.62. The van der Waals surface area contributed by atoms with Crippen LogP contribution in [0.25, 0.3) is 0 Å². The van der Waals surface area contributed by atoms with E-state index in [0.29, 0.717) is 11.5 Å². The smallest absolute Gasteiger partial charge is 0.274 e. The Morgan fingerprint density at radius 3 is 2.79 bits per heavy atom. The number of anilines is 2. The van der Waals surface area contributed by atoms with Crippen LogP contribution in [0.3, 0.4) is 0 Å². The molecule has 1 heterocycles. The molecule has 98 valence electrons. The molecule has 0 unspecified atom stereocenters. The molecule has 2 aromatic rings. The van der Waals surface area contributed by atoms with Crippen LogP contribution < -0.4 is 16.6 Å². The molecule has 1 aromatic carbocycles. The number of amides is 1. The monoisotopic (exact) mass is 274 g/mol. The SMILES string of the molecule is CSc1cccc(NC(=O)c2cccc(NN)n2)c1. The Morgan fingerprint density at radius 2 is 2.05 bits per heavy atom. The number of hydrogen-bond donors (Lipinski definition) is 3. The number of nitrogens with zero attached hydrogens (tertiary/aromatic N) is 1. The molecule has 19 heavy (non-hydrogen) atoms. The zero-order valence-electron chi connectivity index (χ0n) is 10.4. The van der Waals surface area contributed by atoms with Crippen LogP contribution in [-0.2, 0) is 0 Å². The first-order valence-electron chi connectivity index (χ1n) is 5.62. The van der Waals surface area contributed by atoms with Crippen LogP contribution in [0.15, 0.2) is 47.4 Å². The lowest BCUT2D eigenvalue weighted by Crippen LogP contribution is -2.16. The van der Waals surface area contributed by atoms with Gasteiger partial charge in [-0.3, -0.25) is 4.79 Å². The molecule has 0 aliphatic carbocycles.